The highest BCUT2D eigenvalue weighted by Gasteiger charge is 2.04. The van der Waals surface area contributed by atoms with Gasteiger partial charge in [-0.05, 0) is 31.9 Å². The maximum Gasteiger partial charge on any atom is 0.111 e. The molecule has 2 aromatic rings. The van der Waals surface area contributed by atoms with E-state index in [0.29, 0.717) is 0 Å². The number of imidazole rings is 1. The topological polar surface area (TPSA) is 66.7 Å². The van der Waals surface area contributed by atoms with E-state index in [9.17, 15) is 0 Å². The number of aromatic amines is 1. The average molecular weight is 276 g/mol. The molecule has 0 unspecified atom stereocenters. The highest BCUT2D eigenvalue weighted by molar-refractivity contribution is 7.80. The van der Waals surface area contributed by atoms with E-state index in [-0.39, 0.29) is 0 Å². The van der Waals surface area contributed by atoms with Crippen LogP contribution in [0, 0.1) is 0 Å². The zero-order valence-corrected chi connectivity index (χ0v) is 12.0. The molecule has 4 N–H and O–H groups in total. The van der Waals surface area contributed by atoms with Crippen LogP contribution < -0.4 is 11.1 Å². The standard InChI is InChI=1S/C14H20N4S/c1-10(19)16-9-4-2-3-8-13-17-12-7-5-6-11(15)14(12)18-13/h5-7H,2-4,8-9,15H2,1H3,(H,16,19)(H,17,18). The van der Waals surface area contributed by atoms with Crippen LogP contribution in [0.5, 0.6) is 0 Å². The summed E-state index contributed by atoms with van der Waals surface area (Å²) in [6.45, 7) is 2.87. The number of aryl methyl sites for hydroxylation is 1. The Balaban J connectivity index is 1.79. The molecule has 0 spiro atoms. The van der Waals surface area contributed by atoms with Crippen LogP contribution in [0.25, 0.3) is 11.0 Å². The van der Waals surface area contributed by atoms with Crippen LogP contribution in [0.15, 0.2) is 18.2 Å². The zero-order valence-electron chi connectivity index (χ0n) is 11.2. The third-order valence-electron chi connectivity index (χ3n) is 3.06. The van der Waals surface area contributed by atoms with Crippen LogP contribution in [-0.4, -0.2) is 21.5 Å². The van der Waals surface area contributed by atoms with Crippen LogP contribution in [0.1, 0.15) is 32.0 Å². The summed E-state index contributed by atoms with van der Waals surface area (Å²) >= 11 is 4.96. The van der Waals surface area contributed by atoms with Gasteiger partial charge in [0.1, 0.15) is 11.3 Å². The number of H-pyrrole nitrogens is 1. The van der Waals surface area contributed by atoms with E-state index in [0.717, 1.165) is 53.3 Å². The monoisotopic (exact) mass is 276 g/mol. The van der Waals surface area contributed by atoms with Crippen molar-refractivity contribution < 1.29 is 0 Å². The summed E-state index contributed by atoms with van der Waals surface area (Å²) in [5, 5.41) is 3.16. The summed E-state index contributed by atoms with van der Waals surface area (Å²) in [7, 11) is 0. The van der Waals surface area contributed by atoms with Crippen LogP contribution in [0.2, 0.25) is 0 Å². The predicted molar refractivity (Wildman–Crippen MR) is 84.3 cm³/mol. The molecule has 1 aromatic heterocycles. The van der Waals surface area contributed by atoms with Crippen LogP contribution in [0.3, 0.4) is 0 Å². The average Bonchev–Trinajstić information content (AvgIpc) is 2.78. The zero-order chi connectivity index (χ0) is 13.7. The minimum absolute atomic E-state index is 0.737. The van der Waals surface area contributed by atoms with Gasteiger partial charge in [-0.1, -0.05) is 24.7 Å². The molecule has 0 radical (unpaired) electrons. The van der Waals surface area contributed by atoms with Crippen molar-refractivity contribution >= 4 is 33.9 Å². The van der Waals surface area contributed by atoms with Gasteiger partial charge in [0.25, 0.3) is 0 Å². The van der Waals surface area contributed by atoms with Gasteiger partial charge in [-0.25, -0.2) is 4.98 Å². The Morgan fingerprint density at radius 1 is 1.37 bits per heavy atom. The van der Waals surface area contributed by atoms with Crippen molar-refractivity contribution in [3.8, 4) is 0 Å². The molecule has 0 aliphatic rings. The van der Waals surface area contributed by atoms with Gasteiger partial charge in [0.15, 0.2) is 0 Å². The predicted octanol–water partition coefficient (Wildman–Crippen LogP) is 2.79. The van der Waals surface area contributed by atoms with Gasteiger partial charge in [0, 0.05) is 13.0 Å². The lowest BCUT2D eigenvalue weighted by atomic mass is 10.2. The van der Waals surface area contributed by atoms with Gasteiger partial charge in [0.05, 0.1) is 16.2 Å². The van der Waals surface area contributed by atoms with Crippen molar-refractivity contribution in [2.24, 2.45) is 0 Å². The number of fused-ring (bicyclic) bond motifs is 1. The number of aromatic nitrogens is 2. The van der Waals surface area contributed by atoms with E-state index < -0.39 is 0 Å². The molecule has 1 aromatic carbocycles. The minimum Gasteiger partial charge on any atom is -0.397 e. The molecule has 19 heavy (non-hydrogen) atoms. The van der Waals surface area contributed by atoms with Crippen LogP contribution in [0.4, 0.5) is 5.69 Å². The molecule has 0 aliphatic carbocycles. The Morgan fingerprint density at radius 2 is 2.21 bits per heavy atom. The molecular weight excluding hydrogens is 256 g/mol. The lowest BCUT2D eigenvalue weighted by Crippen LogP contribution is -2.19. The Bertz CT molecular complexity index is 562. The summed E-state index contributed by atoms with van der Waals surface area (Å²) in [6.07, 6.45) is 4.39. The van der Waals surface area contributed by atoms with Gasteiger partial charge in [-0.3, -0.25) is 0 Å². The number of nitrogens with zero attached hydrogens (tertiary/aromatic N) is 1. The van der Waals surface area contributed by atoms with E-state index in [4.69, 9.17) is 18.0 Å². The number of hydrogen-bond donors (Lipinski definition) is 3. The van der Waals surface area contributed by atoms with Crippen molar-refractivity contribution in [2.45, 2.75) is 32.6 Å². The van der Waals surface area contributed by atoms with E-state index >= 15 is 0 Å². The highest BCUT2D eigenvalue weighted by atomic mass is 32.1. The number of nitrogens with two attached hydrogens (primary N) is 1. The third-order valence-corrected chi connectivity index (χ3v) is 3.20. The SMILES string of the molecule is CC(=S)NCCCCCc1nc2c(N)cccc2[nH]1. The van der Waals surface area contributed by atoms with Gasteiger partial charge in [0.2, 0.25) is 0 Å². The summed E-state index contributed by atoms with van der Waals surface area (Å²) in [4.78, 5) is 8.73. The molecule has 0 bridgehead atoms. The maximum absolute atomic E-state index is 5.89. The number of nitrogens with one attached hydrogen (secondary N) is 2. The molecular formula is C14H20N4S. The smallest absolute Gasteiger partial charge is 0.111 e. The third kappa shape index (κ3) is 3.92. The number of hydrogen-bond acceptors (Lipinski definition) is 3. The lowest BCUT2D eigenvalue weighted by Gasteiger charge is -2.02. The Morgan fingerprint density at radius 3 is 2.95 bits per heavy atom. The van der Waals surface area contributed by atoms with E-state index in [1.54, 1.807) is 0 Å². The van der Waals surface area contributed by atoms with Crippen molar-refractivity contribution in [3.05, 3.63) is 24.0 Å². The molecule has 0 atom stereocenters. The van der Waals surface area contributed by atoms with E-state index in [1.165, 1.54) is 6.42 Å². The fourth-order valence-electron chi connectivity index (χ4n) is 2.08. The first-order valence-electron chi connectivity index (χ1n) is 6.64. The molecule has 0 saturated carbocycles. The van der Waals surface area contributed by atoms with E-state index in [1.807, 2.05) is 25.1 Å². The number of anilines is 1. The second-order valence-corrected chi connectivity index (χ2v) is 5.33. The summed E-state index contributed by atoms with van der Waals surface area (Å²) in [5.74, 6) is 1.02. The first kappa shape index (κ1) is 13.8. The number of benzene rings is 1. The number of rotatable bonds is 6. The molecule has 0 aliphatic heterocycles. The van der Waals surface area contributed by atoms with Gasteiger partial charge >= 0.3 is 0 Å². The first-order valence-corrected chi connectivity index (χ1v) is 7.05. The van der Waals surface area contributed by atoms with Crippen LogP contribution >= 0.6 is 12.2 Å². The number of nitrogen functional groups attached to an aromatic ring is 1. The quantitative estimate of drug-likeness (QED) is 0.431. The summed E-state index contributed by atoms with van der Waals surface area (Å²) in [5.41, 5.74) is 8.53. The highest BCUT2D eigenvalue weighted by Crippen LogP contribution is 2.18. The summed E-state index contributed by atoms with van der Waals surface area (Å²) < 4.78 is 0. The number of unbranched alkanes of at least 4 members (excludes halogenated alkanes) is 2. The van der Waals surface area contributed by atoms with Gasteiger partial charge in [-0.15, -0.1) is 0 Å². The first-order chi connectivity index (χ1) is 9.16. The number of thiocarbonyl (C=S) groups is 1. The lowest BCUT2D eigenvalue weighted by molar-refractivity contribution is 0.655. The Labute approximate surface area is 118 Å². The largest absolute Gasteiger partial charge is 0.397 e. The maximum atomic E-state index is 5.89. The molecule has 102 valence electrons. The van der Waals surface area contributed by atoms with Gasteiger partial charge < -0.3 is 16.0 Å². The Hall–Kier alpha value is -1.62. The molecule has 4 nitrogen and oxygen atoms in total. The fraction of sp³-hybridized carbons (Fsp3) is 0.429. The molecule has 5 heteroatoms. The summed E-state index contributed by atoms with van der Waals surface area (Å²) in [6, 6.07) is 5.83. The van der Waals surface area contributed by atoms with Crippen molar-refractivity contribution in [3.63, 3.8) is 0 Å². The number of para-hydroxylation sites is 1. The molecule has 1 heterocycles. The molecule has 2 rings (SSSR count). The molecule has 0 saturated heterocycles. The van der Waals surface area contributed by atoms with Crippen molar-refractivity contribution in [1.29, 1.82) is 0 Å². The van der Waals surface area contributed by atoms with E-state index in [2.05, 4.69) is 15.3 Å². The second kappa shape index (κ2) is 6.52. The van der Waals surface area contributed by atoms with Crippen LogP contribution in [-0.2, 0) is 6.42 Å². The molecule has 0 amide bonds. The molecule has 0 fully saturated rings. The van der Waals surface area contributed by atoms with Gasteiger partial charge in [-0.2, -0.15) is 0 Å². The normalized spacial score (nSPS) is 10.8. The van der Waals surface area contributed by atoms with Crippen molar-refractivity contribution in [2.75, 3.05) is 12.3 Å². The second-order valence-electron chi connectivity index (χ2n) is 4.72. The Kier molecular flexibility index (Phi) is 4.74. The van der Waals surface area contributed by atoms with Crippen molar-refractivity contribution in [1.82, 2.24) is 15.3 Å². The fourth-order valence-corrected chi connectivity index (χ4v) is 2.18. The minimum atomic E-state index is 0.737.